The van der Waals surface area contributed by atoms with Crippen LogP contribution in [0, 0.1) is 0 Å². The van der Waals surface area contributed by atoms with Crippen LogP contribution in [0.25, 0.3) is 0 Å². The maximum Gasteiger partial charge on any atom is 0.0570 e. The van der Waals surface area contributed by atoms with E-state index in [1.54, 1.807) is 0 Å². The minimum absolute atomic E-state index is 0.0512. The van der Waals surface area contributed by atoms with Crippen LogP contribution in [-0.4, -0.2) is 39.7 Å². The quantitative estimate of drug-likeness (QED) is 0.860. The Bertz CT molecular complexity index is 354. The molecule has 0 saturated carbocycles. The fraction of sp³-hybridized carbons (Fsp3) is 0.643. The van der Waals surface area contributed by atoms with Crippen molar-refractivity contribution in [2.24, 2.45) is 0 Å². The van der Waals surface area contributed by atoms with Gasteiger partial charge in [-0.05, 0) is 49.8 Å². The average molecular weight is 232 g/mol. The molecule has 3 nitrogen and oxygen atoms in total. The summed E-state index contributed by atoms with van der Waals surface area (Å²) in [7, 11) is 0. The lowest BCUT2D eigenvalue weighted by molar-refractivity contribution is 0.0362. The molecule has 2 saturated heterocycles. The first-order valence-corrected chi connectivity index (χ1v) is 6.65. The third-order valence-electron chi connectivity index (χ3n) is 4.27. The number of hydrogen-bond donors (Lipinski definition) is 1. The van der Waals surface area contributed by atoms with Gasteiger partial charge in [-0.1, -0.05) is 0 Å². The smallest absolute Gasteiger partial charge is 0.0570 e. The average Bonchev–Trinajstić information content (AvgIpc) is 2.59. The number of aliphatic hydroxyl groups is 1. The first-order valence-electron chi connectivity index (χ1n) is 6.65. The number of aromatic nitrogens is 1. The normalized spacial score (nSPS) is 32.9. The van der Waals surface area contributed by atoms with E-state index in [1.807, 2.05) is 12.4 Å². The van der Waals surface area contributed by atoms with Crippen molar-refractivity contribution in [3.8, 4) is 0 Å². The van der Waals surface area contributed by atoms with Gasteiger partial charge in [-0.25, -0.2) is 0 Å². The van der Waals surface area contributed by atoms with Crippen molar-refractivity contribution in [1.29, 1.82) is 0 Å². The number of hydrogen-bond acceptors (Lipinski definition) is 3. The van der Waals surface area contributed by atoms with Gasteiger partial charge < -0.3 is 5.11 Å². The maximum absolute atomic E-state index is 9.76. The first-order chi connectivity index (χ1) is 8.33. The van der Waals surface area contributed by atoms with E-state index in [0.29, 0.717) is 12.1 Å². The summed E-state index contributed by atoms with van der Waals surface area (Å²) in [6.07, 6.45) is 9.29. The van der Waals surface area contributed by atoms with E-state index < -0.39 is 0 Å². The summed E-state index contributed by atoms with van der Waals surface area (Å²) < 4.78 is 0. The Morgan fingerprint density at radius 1 is 1.18 bits per heavy atom. The van der Waals surface area contributed by atoms with Crippen molar-refractivity contribution in [2.45, 2.75) is 50.3 Å². The second-order valence-electron chi connectivity index (χ2n) is 5.35. The van der Waals surface area contributed by atoms with E-state index in [-0.39, 0.29) is 6.10 Å². The largest absolute Gasteiger partial charge is 0.393 e. The molecule has 3 heterocycles. The van der Waals surface area contributed by atoms with Crippen LogP contribution in [0.5, 0.6) is 0 Å². The topological polar surface area (TPSA) is 36.4 Å². The van der Waals surface area contributed by atoms with Crippen molar-refractivity contribution in [3.63, 3.8) is 0 Å². The molecule has 2 aliphatic heterocycles. The molecule has 3 heteroatoms. The summed E-state index contributed by atoms with van der Waals surface area (Å²) in [6.45, 7) is 1.13. The predicted molar refractivity (Wildman–Crippen MR) is 66.7 cm³/mol. The molecule has 1 aromatic heterocycles. The minimum Gasteiger partial charge on any atom is -0.393 e. The van der Waals surface area contributed by atoms with Crippen LogP contribution in [0.3, 0.4) is 0 Å². The Labute approximate surface area is 102 Å². The van der Waals surface area contributed by atoms with Crippen LogP contribution in [0.1, 0.15) is 31.2 Å². The van der Waals surface area contributed by atoms with E-state index in [9.17, 15) is 5.11 Å². The molecule has 2 unspecified atom stereocenters. The Hall–Kier alpha value is -0.930. The van der Waals surface area contributed by atoms with Crippen LogP contribution in [0.4, 0.5) is 0 Å². The Morgan fingerprint density at radius 3 is 2.47 bits per heavy atom. The van der Waals surface area contributed by atoms with Crippen LogP contribution in [0.15, 0.2) is 24.5 Å². The Balaban J connectivity index is 1.60. The zero-order valence-electron chi connectivity index (χ0n) is 10.1. The summed E-state index contributed by atoms with van der Waals surface area (Å²) in [5.41, 5.74) is 1.37. The fourth-order valence-corrected chi connectivity index (χ4v) is 3.42. The number of piperidine rings is 1. The van der Waals surface area contributed by atoms with Gasteiger partial charge in [0.2, 0.25) is 0 Å². The van der Waals surface area contributed by atoms with Crippen LogP contribution in [-0.2, 0) is 6.42 Å². The molecule has 0 spiro atoms. The lowest BCUT2D eigenvalue weighted by atomic mass is 9.99. The number of aliphatic hydroxyl groups excluding tert-OH is 1. The molecule has 0 amide bonds. The van der Waals surface area contributed by atoms with Crippen LogP contribution < -0.4 is 0 Å². The molecular formula is C14H20N2O. The molecule has 2 bridgehead atoms. The van der Waals surface area contributed by atoms with Crippen molar-refractivity contribution >= 4 is 0 Å². The van der Waals surface area contributed by atoms with Gasteiger partial charge >= 0.3 is 0 Å². The Morgan fingerprint density at radius 2 is 1.82 bits per heavy atom. The van der Waals surface area contributed by atoms with Gasteiger partial charge in [0, 0.05) is 31.0 Å². The summed E-state index contributed by atoms with van der Waals surface area (Å²) >= 11 is 0. The van der Waals surface area contributed by atoms with Gasteiger partial charge in [0.15, 0.2) is 0 Å². The highest BCUT2D eigenvalue weighted by Crippen LogP contribution is 2.35. The summed E-state index contributed by atoms with van der Waals surface area (Å²) in [5, 5.41) is 9.76. The molecule has 2 atom stereocenters. The summed E-state index contributed by atoms with van der Waals surface area (Å²) in [5.74, 6) is 0. The molecule has 1 N–H and O–H groups in total. The highest BCUT2D eigenvalue weighted by molar-refractivity contribution is 5.10. The molecule has 1 aromatic rings. The molecule has 2 fully saturated rings. The number of pyridine rings is 1. The zero-order valence-corrected chi connectivity index (χ0v) is 10.1. The van der Waals surface area contributed by atoms with Gasteiger partial charge in [-0.3, -0.25) is 9.88 Å². The third kappa shape index (κ3) is 2.35. The highest BCUT2D eigenvalue weighted by Gasteiger charge is 2.39. The highest BCUT2D eigenvalue weighted by atomic mass is 16.3. The molecule has 17 heavy (non-hydrogen) atoms. The lowest BCUT2D eigenvalue weighted by Crippen LogP contribution is -2.45. The van der Waals surface area contributed by atoms with Gasteiger partial charge in [-0.2, -0.15) is 0 Å². The number of fused-ring (bicyclic) bond motifs is 2. The molecule has 3 rings (SSSR count). The van der Waals surface area contributed by atoms with E-state index in [1.165, 1.54) is 18.4 Å². The SMILES string of the molecule is OC1CC2CCC(C1)N2CCc1ccncc1. The first kappa shape index (κ1) is 11.2. The second kappa shape index (κ2) is 4.75. The van der Waals surface area contributed by atoms with Crippen molar-refractivity contribution in [2.75, 3.05) is 6.54 Å². The lowest BCUT2D eigenvalue weighted by Gasteiger charge is -2.37. The molecular weight excluding hydrogens is 212 g/mol. The maximum atomic E-state index is 9.76. The minimum atomic E-state index is -0.0512. The standard InChI is InChI=1S/C14H20N2O/c17-14-9-12-1-2-13(10-14)16(12)8-5-11-3-6-15-7-4-11/h3-4,6-7,12-14,17H,1-2,5,8-10H2. The number of rotatable bonds is 3. The summed E-state index contributed by atoms with van der Waals surface area (Å²) in [6, 6.07) is 5.46. The predicted octanol–water partition coefficient (Wildman–Crippen LogP) is 1.61. The third-order valence-corrected chi connectivity index (χ3v) is 4.27. The Kier molecular flexibility index (Phi) is 3.12. The molecule has 0 aromatic carbocycles. The van der Waals surface area contributed by atoms with Crippen LogP contribution >= 0.6 is 0 Å². The number of nitrogens with zero attached hydrogens (tertiary/aromatic N) is 2. The molecule has 0 aliphatic carbocycles. The van der Waals surface area contributed by atoms with Gasteiger partial charge in [0.25, 0.3) is 0 Å². The molecule has 92 valence electrons. The van der Waals surface area contributed by atoms with E-state index >= 15 is 0 Å². The van der Waals surface area contributed by atoms with Crippen molar-refractivity contribution in [1.82, 2.24) is 9.88 Å². The van der Waals surface area contributed by atoms with Crippen molar-refractivity contribution < 1.29 is 5.11 Å². The monoisotopic (exact) mass is 232 g/mol. The van der Waals surface area contributed by atoms with Gasteiger partial charge in [0.1, 0.15) is 0 Å². The van der Waals surface area contributed by atoms with Crippen molar-refractivity contribution in [3.05, 3.63) is 30.1 Å². The van der Waals surface area contributed by atoms with E-state index in [0.717, 1.165) is 25.8 Å². The van der Waals surface area contributed by atoms with Crippen LogP contribution in [0.2, 0.25) is 0 Å². The zero-order chi connectivity index (χ0) is 11.7. The van der Waals surface area contributed by atoms with E-state index in [4.69, 9.17) is 0 Å². The molecule has 2 aliphatic rings. The van der Waals surface area contributed by atoms with Gasteiger partial charge in [0.05, 0.1) is 6.10 Å². The fourth-order valence-electron chi connectivity index (χ4n) is 3.42. The van der Waals surface area contributed by atoms with E-state index in [2.05, 4.69) is 22.0 Å². The second-order valence-corrected chi connectivity index (χ2v) is 5.35. The summed E-state index contributed by atoms with van der Waals surface area (Å²) in [4.78, 5) is 6.66. The van der Waals surface area contributed by atoms with Gasteiger partial charge in [-0.15, -0.1) is 0 Å². The molecule has 0 radical (unpaired) electrons.